The van der Waals surface area contributed by atoms with Crippen LogP contribution in [-0.4, -0.2) is 29.7 Å². The standard InChI is InChI=1S/C20H20O4S/c1-14-5-3-4-6-15(14)7-9-18(21)16-8-10-19(24-2)17(11-16)12-25-13-20(22)23/h3-11H,12-13H2,1-2H3,(H,22,23). The maximum atomic E-state index is 12.4. The van der Waals surface area contributed by atoms with Crippen LogP contribution >= 0.6 is 11.8 Å². The largest absolute Gasteiger partial charge is 0.496 e. The Morgan fingerprint density at radius 3 is 2.64 bits per heavy atom. The van der Waals surface area contributed by atoms with Gasteiger partial charge in [-0.1, -0.05) is 30.3 Å². The van der Waals surface area contributed by atoms with Crippen molar-refractivity contribution in [2.45, 2.75) is 12.7 Å². The number of hydrogen-bond donors (Lipinski definition) is 1. The zero-order valence-corrected chi connectivity index (χ0v) is 15.0. The first-order valence-electron chi connectivity index (χ1n) is 7.75. The lowest BCUT2D eigenvalue weighted by molar-refractivity contribution is -0.133. The average Bonchev–Trinajstić information content (AvgIpc) is 2.60. The molecule has 0 heterocycles. The van der Waals surface area contributed by atoms with Crippen LogP contribution in [0.3, 0.4) is 0 Å². The number of benzene rings is 2. The number of ether oxygens (including phenoxy) is 1. The van der Waals surface area contributed by atoms with Crippen LogP contribution in [0.25, 0.3) is 6.08 Å². The summed E-state index contributed by atoms with van der Waals surface area (Å²) in [7, 11) is 1.56. The highest BCUT2D eigenvalue weighted by atomic mass is 32.2. The molecule has 0 bridgehead atoms. The molecule has 0 spiro atoms. The molecule has 0 aliphatic rings. The number of allylic oxidation sites excluding steroid dienone is 1. The van der Waals surface area contributed by atoms with E-state index >= 15 is 0 Å². The van der Waals surface area contributed by atoms with Gasteiger partial charge in [-0.05, 0) is 42.3 Å². The molecule has 4 nitrogen and oxygen atoms in total. The third kappa shape index (κ3) is 5.50. The molecule has 0 amide bonds. The molecule has 130 valence electrons. The van der Waals surface area contributed by atoms with Crippen molar-refractivity contribution in [3.05, 3.63) is 70.8 Å². The lowest BCUT2D eigenvalue weighted by atomic mass is 10.0. The number of rotatable bonds is 8. The number of carboxylic acids is 1. The molecule has 25 heavy (non-hydrogen) atoms. The van der Waals surface area contributed by atoms with Gasteiger partial charge in [0.1, 0.15) is 5.75 Å². The molecule has 0 saturated heterocycles. The van der Waals surface area contributed by atoms with Crippen molar-refractivity contribution in [3.63, 3.8) is 0 Å². The second kappa shape index (κ2) is 9.08. The van der Waals surface area contributed by atoms with Gasteiger partial charge < -0.3 is 9.84 Å². The van der Waals surface area contributed by atoms with Gasteiger partial charge in [-0.3, -0.25) is 9.59 Å². The van der Waals surface area contributed by atoms with Gasteiger partial charge in [0.15, 0.2) is 5.78 Å². The lowest BCUT2D eigenvalue weighted by Gasteiger charge is -2.09. The second-order valence-corrected chi connectivity index (χ2v) is 6.45. The van der Waals surface area contributed by atoms with Crippen LogP contribution in [0, 0.1) is 6.92 Å². The summed E-state index contributed by atoms with van der Waals surface area (Å²) >= 11 is 1.27. The van der Waals surface area contributed by atoms with E-state index in [2.05, 4.69) is 0 Å². The summed E-state index contributed by atoms with van der Waals surface area (Å²) in [5.41, 5.74) is 3.47. The number of methoxy groups -OCH3 is 1. The van der Waals surface area contributed by atoms with Crippen LogP contribution in [0.1, 0.15) is 27.0 Å². The monoisotopic (exact) mass is 356 g/mol. The maximum Gasteiger partial charge on any atom is 0.313 e. The molecule has 1 N–H and O–H groups in total. The molecule has 0 atom stereocenters. The van der Waals surface area contributed by atoms with Gasteiger partial charge in [0.25, 0.3) is 0 Å². The molecule has 0 radical (unpaired) electrons. The third-order valence-corrected chi connectivity index (χ3v) is 4.62. The van der Waals surface area contributed by atoms with Crippen LogP contribution in [0.5, 0.6) is 5.75 Å². The number of thioether (sulfide) groups is 1. The van der Waals surface area contributed by atoms with Gasteiger partial charge in [0.05, 0.1) is 12.9 Å². The predicted molar refractivity (Wildman–Crippen MR) is 101 cm³/mol. The van der Waals surface area contributed by atoms with E-state index in [1.165, 1.54) is 11.8 Å². The van der Waals surface area contributed by atoms with E-state index in [1.54, 1.807) is 37.5 Å². The Morgan fingerprint density at radius 1 is 1.20 bits per heavy atom. The zero-order chi connectivity index (χ0) is 18.2. The van der Waals surface area contributed by atoms with E-state index in [-0.39, 0.29) is 11.5 Å². The van der Waals surface area contributed by atoms with Crippen LogP contribution in [0.2, 0.25) is 0 Å². The molecule has 2 aromatic rings. The summed E-state index contributed by atoms with van der Waals surface area (Å²) in [5.74, 6) is 0.164. The number of ketones is 1. The number of carboxylic acid groups (broad SMARTS) is 1. The molecule has 0 aliphatic carbocycles. The number of hydrogen-bond acceptors (Lipinski definition) is 4. The molecular formula is C20H20O4S. The minimum Gasteiger partial charge on any atom is -0.496 e. The Morgan fingerprint density at radius 2 is 1.96 bits per heavy atom. The Hall–Kier alpha value is -2.53. The Labute approximate surface area is 151 Å². The van der Waals surface area contributed by atoms with Crippen molar-refractivity contribution in [2.75, 3.05) is 12.9 Å². The van der Waals surface area contributed by atoms with E-state index in [4.69, 9.17) is 9.84 Å². The first-order chi connectivity index (χ1) is 12.0. The molecule has 0 unspecified atom stereocenters. The van der Waals surface area contributed by atoms with Crippen molar-refractivity contribution < 1.29 is 19.4 Å². The first-order valence-corrected chi connectivity index (χ1v) is 8.91. The number of aryl methyl sites for hydroxylation is 1. The molecule has 5 heteroatoms. The second-order valence-electron chi connectivity index (χ2n) is 5.47. The predicted octanol–water partition coefficient (Wildman–Crippen LogP) is 4.22. The van der Waals surface area contributed by atoms with Crippen LogP contribution in [0.15, 0.2) is 48.5 Å². The minimum absolute atomic E-state index is 0.00845. The van der Waals surface area contributed by atoms with Crippen molar-refractivity contribution in [1.29, 1.82) is 0 Å². The highest BCUT2D eigenvalue weighted by Gasteiger charge is 2.09. The molecule has 0 aromatic heterocycles. The maximum absolute atomic E-state index is 12.4. The van der Waals surface area contributed by atoms with Gasteiger partial charge in [-0.2, -0.15) is 0 Å². The van der Waals surface area contributed by atoms with E-state index in [9.17, 15) is 9.59 Å². The van der Waals surface area contributed by atoms with Crippen molar-refractivity contribution >= 4 is 29.6 Å². The van der Waals surface area contributed by atoms with Gasteiger partial charge in [0.2, 0.25) is 0 Å². The van der Waals surface area contributed by atoms with Crippen LogP contribution < -0.4 is 4.74 Å². The number of aliphatic carboxylic acids is 1. The van der Waals surface area contributed by atoms with E-state index in [0.717, 1.165) is 16.7 Å². The molecule has 0 aliphatic heterocycles. The fourth-order valence-electron chi connectivity index (χ4n) is 2.33. The number of carbonyl (C=O) groups excluding carboxylic acids is 1. The quantitative estimate of drug-likeness (QED) is 0.567. The number of carbonyl (C=O) groups is 2. The van der Waals surface area contributed by atoms with Gasteiger partial charge in [0, 0.05) is 16.9 Å². The minimum atomic E-state index is -0.864. The molecule has 0 saturated carbocycles. The Bertz CT molecular complexity index is 796. The van der Waals surface area contributed by atoms with E-state index in [1.807, 2.05) is 31.2 Å². The van der Waals surface area contributed by atoms with Crippen molar-refractivity contribution in [1.82, 2.24) is 0 Å². The van der Waals surface area contributed by atoms with Gasteiger partial charge in [-0.25, -0.2) is 0 Å². The van der Waals surface area contributed by atoms with Crippen molar-refractivity contribution in [3.8, 4) is 5.75 Å². The summed E-state index contributed by atoms with van der Waals surface area (Å²) in [5, 5.41) is 8.75. The summed E-state index contributed by atoms with van der Waals surface area (Å²) in [6.45, 7) is 2.00. The molecule has 2 aromatic carbocycles. The molecular weight excluding hydrogens is 336 g/mol. The van der Waals surface area contributed by atoms with Crippen LogP contribution in [-0.2, 0) is 10.5 Å². The Kier molecular flexibility index (Phi) is 6.83. The third-order valence-electron chi connectivity index (χ3n) is 3.65. The topological polar surface area (TPSA) is 63.6 Å². The molecule has 0 fully saturated rings. The normalized spacial score (nSPS) is 10.8. The van der Waals surface area contributed by atoms with Crippen LogP contribution in [0.4, 0.5) is 0 Å². The van der Waals surface area contributed by atoms with E-state index in [0.29, 0.717) is 17.1 Å². The Balaban J connectivity index is 2.16. The summed E-state index contributed by atoms with van der Waals surface area (Å²) < 4.78 is 5.29. The van der Waals surface area contributed by atoms with Gasteiger partial charge in [-0.15, -0.1) is 11.8 Å². The smallest absolute Gasteiger partial charge is 0.313 e. The highest BCUT2D eigenvalue weighted by Crippen LogP contribution is 2.25. The zero-order valence-electron chi connectivity index (χ0n) is 14.2. The SMILES string of the molecule is COc1ccc(C(=O)C=Cc2ccccc2C)cc1CSCC(=O)O. The average molecular weight is 356 g/mol. The van der Waals surface area contributed by atoms with E-state index < -0.39 is 5.97 Å². The molecule has 2 rings (SSSR count). The summed E-state index contributed by atoms with van der Waals surface area (Å²) in [6.07, 6.45) is 3.36. The van der Waals surface area contributed by atoms with Gasteiger partial charge >= 0.3 is 5.97 Å². The first kappa shape index (κ1) is 18.8. The van der Waals surface area contributed by atoms with Crippen molar-refractivity contribution in [2.24, 2.45) is 0 Å². The fourth-order valence-corrected chi connectivity index (χ4v) is 3.05. The fraction of sp³-hybridized carbons (Fsp3) is 0.200. The summed E-state index contributed by atoms with van der Waals surface area (Å²) in [4.78, 5) is 23.1. The summed E-state index contributed by atoms with van der Waals surface area (Å²) in [6, 6.07) is 13.1. The highest BCUT2D eigenvalue weighted by molar-refractivity contribution is 7.99. The lowest BCUT2D eigenvalue weighted by Crippen LogP contribution is -2.01.